The van der Waals surface area contributed by atoms with E-state index in [1.807, 2.05) is 24.3 Å². The predicted molar refractivity (Wildman–Crippen MR) is 242 cm³/mol. The zero-order chi connectivity index (χ0) is 39.4. The molecular formula is C53H33N3O3. The molecule has 0 aliphatic carbocycles. The lowest BCUT2D eigenvalue weighted by molar-refractivity contribution is 0.662. The van der Waals surface area contributed by atoms with Crippen LogP contribution in [0.4, 0.5) is 28.4 Å². The largest absolute Gasteiger partial charge is 0.456 e. The fourth-order valence-corrected chi connectivity index (χ4v) is 8.74. The maximum absolute atomic E-state index is 10.4. The van der Waals surface area contributed by atoms with Crippen molar-refractivity contribution in [3.05, 3.63) is 174 Å². The topological polar surface area (TPSA) is 78.5 Å². The highest BCUT2D eigenvalue weighted by atomic mass is 16.3. The Bertz CT molecular complexity index is 3730. The van der Waals surface area contributed by atoms with E-state index in [1.54, 1.807) is 0 Å². The molecule has 0 saturated heterocycles. The SMILES string of the molecule is Cc1ccc(Nc2ccc3cc4c(cc3c2)oc2c(C#N)cc3c5cc6ccc(N(c7ccc(C)cc7)c7ccc8oc9ccccc9c8c7)cc6cc5oc3c24)cc1. The van der Waals surface area contributed by atoms with Crippen LogP contribution >= 0.6 is 0 Å². The van der Waals surface area contributed by atoms with Gasteiger partial charge in [0.05, 0.1) is 10.9 Å². The number of rotatable bonds is 5. The first-order chi connectivity index (χ1) is 28.9. The van der Waals surface area contributed by atoms with Crippen LogP contribution in [0.15, 0.2) is 171 Å². The van der Waals surface area contributed by atoms with E-state index in [0.717, 1.165) is 99.0 Å². The molecule has 9 aromatic carbocycles. The number of furan rings is 3. The summed E-state index contributed by atoms with van der Waals surface area (Å²) in [7, 11) is 0. The van der Waals surface area contributed by atoms with Crippen molar-refractivity contribution >= 4 is 116 Å². The van der Waals surface area contributed by atoms with Crippen molar-refractivity contribution in [2.75, 3.05) is 10.2 Å². The Morgan fingerprint density at radius 3 is 1.86 bits per heavy atom. The molecule has 1 N–H and O–H groups in total. The minimum Gasteiger partial charge on any atom is -0.456 e. The van der Waals surface area contributed by atoms with Gasteiger partial charge in [0.15, 0.2) is 5.58 Å². The summed E-state index contributed by atoms with van der Waals surface area (Å²) >= 11 is 0. The molecule has 3 aromatic heterocycles. The lowest BCUT2D eigenvalue weighted by atomic mass is 10.0. The second kappa shape index (κ2) is 12.5. The lowest BCUT2D eigenvalue weighted by Gasteiger charge is -2.26. The van der Waals surface area contributed by atoms with Gasteiger partial charge in [-0.15, -0.1) is 0 Å². The van der Waals surface area contributed by atoms with Crippen molar-refractivity contribution in [3.8, 4) is 6.07 Å². The minimum absolute atomic E-state index is 0.476. The van der Waals surface area contributed by atoms with Crippen molar-refractivity contribution in [1.29, 1.82) is 5.26 Å². The maximum atomic E-state index is 10.4. The summed E-state index contributed by atoms with van der Waals surface area (Å²) in [6.07, 6.45) is 0. The third-order valence-corrected chi connectivity index (χ3v) is 11.7. The van der Waals surface area contributed by atoms with Crippen molar-refractivity contribution in [1.82, 2.24) is 0 Å². The molecule has 59 heavy (non-hydrogen) atoms. The van der Waals surface area contributed by atoms with E-state index in [2.05, 4.69) is 164 Å². The molecule has 3 heterocycles. The van der Waals surface area contributed by atoms with E-state index in [1.165, 1.54) is 11.1 Å². The number of fused-ring (bicyclic) bond motifs is 12. The number of aryl methyl sites for hydroxylation is 2. The number of nitriles is 1. The number of anilines is 5. The van der Waals surface area contributed by atoms with E-state index in [-0.39, 0.29) is 0 Å². The summed E-state index contributed by atoms with van der Waals surface area (Å²) in [5.41, 5.74) is 12.4. The fraction of sp³-hybridized carbons (Fsp3) is 0.0377. The standard InChI is InChI=1S/C53H33N3O3/c1-30-7-13-37(14-8-30)55-38-15-11-32-24-46-50(26-34(32)21-38)58-52-36(29-54)25-45-43-23-33-12-18-40(22-35(33)27-49(43)59-53(45)51(46)52)56(39-16-9-31(2)10-17-39)41-19-20-48-44(28-41)42-5-3-4-6-47(42)57-48/h3-28,55H,1-2H3. The minimum atomic E-state index is 0.476. The van der Waals surface area contributed by atoms with Gasteiger partial charge in [-0.05, 0) is 139 Å². The summed E-state index contributed by atoms with van der Waals surface area (Å²) in [4.78, 5) is 2.29. The molecule has 0 amide bonds. The average Bonchev–Trinajstić information content (AvgIpc) is 3.94. The summed E-state index contributed by atoms with van der Waals surface area (Å²) in [6.45, 7) is 4.19. The van der Waals surface area contributed by atoms with Crippen LogP contribution in [0.2, 0.25) is 0 Å². The molecule has 12 aromatic rings. The van der Waals surface area contributed by atoms with Crippen LogP contribution in [0.25, 0.3) is 87.4 Å². The Labute approximate surface area is 337 Å². The van der Waals surface area contributed by atoms with Gasteiger partial charge in [-0.25, -0.2) is 0 Å². The fourth-order valence-electron chi connectivity index (χ4n) is 8.74. The molecule has 278 valence electrons. The first-order valence-corrected chi connectivity index (χ1v) is 19.7. The molecule has 6 nitrogen and oxygen atoms in total. The third kappa shape index (κ3) is 5.26. The Kier molecular flexibility index (Phi) is 7.02. The van der Waals surface area contributed by atoms with E-state index in [0.29, 0.717) is 22.3 Å². The maximum Gasteiger partial charge on any atom is 0.156 e. The van der Waals surface area contributed by atoms with Crippen LogP contribution in [0, 0.1) is 25.2 Å². The van der Waals surface area contributed by atoms with Crippen LogP contribution in [0.1, 0.15) is 16.7 Å². The van der Waals surface area contributed by atoms with Gasteiger partial charge in [0.1, 0.15) is 34.0 Å². The van der Waals surface area contributed by atoms with Crippen molar-refractivity contribution in [3.63, 3.8) is 0 Å². The molecule has 0 unspecified atom stereocenters. The first-order valence-electron chi connectivity index (χ1n) is 19.7. The number of hydrogen-bond donors (Lipinski definition) is 1. The predicted octanol–water partition coefficient (Wildman–Crippen LogP) is 15.4. The smallest absolute Gasteiger partial charge is 0.156 e. The zero-order valence-corrected chi connectivity index (χ0v) is 32.1. The van der Waals surface area contributed by atoms with Crippen LogP contribution in [0.3, 0.4) is 0 Å². The molecule has 0 fully saturated rings. The number of hydrogen-bond acceptors (Lipinski definition) is 6. The molecule has 0 radical (unpaired) electrons. The molecule has 0 saturated carbocycles. The lowest BCUT2D eigenvalue weighted by Crippen LogP contribution is -2.09. The zero-order valence-electron chi connectivity index (χ0n) is 32.1. The highest BCUT2D eigenvalue weighted by molar-refractivity contribution is 6.25. The van der Waals surface area contributed by atoms with Gasteiger partial charge in [0, 0.05) is 55.4 Å². The highest BCUT2D eigenvalue weighted by Gasteiger charge is 2.22. The van der Waals surface area contributed by atoms with Crippen LogP contribution in [-0.4, -0.2) is 0 Å². The van der Waals surface area contributed by atoms with Crippen LogP contribution < -0.4 is 10.2 Å². The van der Waals surface area contributed by atoms with Crippen LogP contribution in [0.5, 0.6) is 0 Å². The highest BCUT2D eigenvalue weighted by Crippen LogP contribution is 2.45. The molecule has 12 rings (SSSR count). The number of benzene rings is 9. The summed E-state index contributed by atoms with van der Waals surface area (Å²) in [5, 5.41) is 23.9. The Morgan fingerprint density at radius 1 is 0.441 bits per heavy atom. The van der Waals surface area contributed by atoms with E-state index in [4.69, 9.17) is 13.3 Å². The van der Waals surface area contributed by atoms with Gasteiger partial charge in [0.25, 0.3) is 0 Å². The van der Waals surface area contributed by atoms with Gasteiger partial charge in [-0.1, -0.05) is 65.7 Å². The second-order valence-corrected chi connectivity index (χ2v) is 15.6. The normalized spacial score (nSPS) is 11.9. The van der Waals surface area contributed by atoms with Gasteiger partial charge < -0.3 is 23.5 Å². The Morgan fingerprint density at radius 2 is 1.05 bits per heavy atom. The Balaban J connectivity index is 1.01. The number of para-hydroxylation sites is 1. The van der Waals surface area contributed by atoms with E-state index < -0.39 is 0 Å². The summed E-state index contributed by atoms with van der Waals surface area (Å²) in [6, 6.07) is 57.2. The quantitative estimate of drug-likeness (QED) is 0.188. The number of nitrogens with zero attached hydrogens (tertiary/aromatic N) is 2. The van der Waals surface area contributed by atoms with E-state index in [9.17, 15) is 5.26 Å². The third-order valence-electron chi connectivity index (χ3n) is 11.7. The Hall–Kier alpha value is -8.01. The molecular weight excluding hydrogens is 727 g/mol. The molecule has 0 atom stereocenters. The molecule has 0 spiro atoms. The molecule has 0 aliphatic heterocycles. The van der Waals surface area contributed by atoms with Crippen LogP contribution in [-0.2, 0) is 0 Å². The monoisotopic (exact) mass is 759 g/mol. The summed E-state index contributed by atoms with van der Waals surface area (Å²) in [5.74, 6) is 0. The van der Waals surface area contributed by atoms with Crippen molar-refractivity contribution in [2.45, 2.75) is 13.8 Å². The molecule has 0 aliphatic rings. The van der Waals surface area contributed by atoms with Gasteiger partial charge in [-0.2, -0.15) is 5.26 Å². The molecule has 6 heteroatoms. The van der Waals surface area contributed by atoms with E-state index >= 15 is 0 Å². The second-order valence-electron chi connectivity index (χ2n) is 15.6. The average molecular weight is 760 g/mol. The number of nitrogens with one attached hydrogen (secondary N) is 1. The van der Waals surface area contributed by atoms with Crippen molar-refractivity contribution < 1.29 is 13.3 Å². The van der Waals surface area contributed by atoms with Gasteiger partial charge in [-0.3, -0.25) is 0 Å². The summed E-state index contributed by atoms with van der Waals surface area (Å²) < 4.78 is 19.5. The first kappa shape index (κ1) is 33.2. The molecule has 0 bridgehead atoms. The van der Waals surface area contributed by atoms with Gasteiger partial charge in [0.2, 0.25) is 0 Å². The van der Waals surface area contributed by atoms with Gasteiger partial charge >= 0.3 is 0 Å². The van der Waals surface area contributed by atoms with Crippen molar-refractivity contribution in [2.24, 2.45) is 0 Å².